The van der Waals surface area contributed by atoms with Crippen molar-refractivity contribution in [2.45, 2.75) is 17.9 Å². The van der Waals surface area contributed by atoms with Crippen LogP contribution in [0, 0.1) is 0 Å². The molecule has 17 heavy (non-hydrogen) atoms. The highest BCUT2D eigenvalue weighted by Gasteiger charge is 2.23. The van der Waals surface area contributed by atoms with Crippen LogP contribution in [-0.2, 0) is 10.0 Å². The zero-order valence-electron chi connectivity index (χ0n) is 8.94. The highest BCUT2D eigenvalue weighted by atomic mass is 79.9. The van der Waals surface area contributed by atoms with Crippen LogP contribution in [0.5, 0.6) is 0 Å². The van der Waals surface area contributed by atoms with Crippen molar-refractivity contribution in [2.75, 3.05) is 12.3 Å². The third kappa shape index (κ3) is 3.65. The number of rotatable bonds is 4. The first-order chi connectivity index (χ1) is 7.77. The molecule has 1 unspecified atom stereocenters. The number of nitrogens with one attached hydrogen (secondary N) is 1. The van der Waals surface area contributed by atoms with Crippen molar-refractivity contribution in [2.24, 2.45) is 0 Å². The molecule has 1 aromatic rings. The summed E-state index contributed by atoms with van der Waals surface area (Å²) in [6.07, 6.45) is 0. The van der Waals surface area contributed by atoms with Gasteiger partial charge in [0.25, 0.3) is 0 Å². The molecule has 0 amide bonds. The molecule has 0 saturated carbocycles. The molecular formula is C9H12Br2N2O3S. The standard InChI is InChI=1S/C9H12Br2N2O3S/c1-5(4-14)13-17(15,16)9-7(10)2-6(12)3-8(9)11/h2-3,5,13-14H,4,12H2,1H3. The smallest absolute Gasteiger partial charge is 0.243 e. The molecule has 96 valence electrons. The van der Waals surface area contributed by atoms with E-state index in [9.17, 15) is 8.42 Å². The number of hydrogen-bond donors (Lipinski definition) is 3. The van der Waals surface area contributed by atoms with E-state index in [2.05, 4.69) is 36.6 Å². The van der Waals surface area contributed by atoms with Gasteiger partial charge in [0, 0.05) is 20.7 Å². The second kappa shape index (κ2) is 5.66. The van der Waals surface area contributed by atoms with Crippen molar-refractivity contribution in [1.82, 2.24) is 4.72 Å². The largest absolute Gasteiger partial charge is 0.399 e. The summed E-state index contributed by atoms with van der Waals surface area (Å²) in [5.74, 6) is 0. The van der Waals surface area contributed by atoms with E-state index in [1.165, 1.54) is 12.1 Å². The van der Waals surface area contributed by atoms with Gasteiger partial charge in [-0.1, -0.05) is 0 Å². The average molecular weight is 388 g/mol. The molecule has 0 spiro atoms. The molecule has 1 aromatic carbocycles. The maximum Gasteiger partial charge on any atom is 0.243 e. The van der Waals surface area contributed by atoms with Gasteiger partial charge in [-0.15, -0.1) is 0 Å². The maximum atomic E-state index is 12.0. The molecule has 8 heteroatoms. The number of hydrogen-bond acceptors (Lipinski definition) is 4. The Morgan fingerprint density at radius 2 is 1.88 bits per heavy atom. The van der Waals surface area contributed by atoms with Crippen LogP contribution in [0.1, 0.15) is 6.92 Å². The van der Waals surface area contributed by atoms with E-state index in [0.29, 0.717) is 14.6 Å². The van der Waals surface area contributed by atoms with Gasteiger partial charge in [0.2, 0.25) is 10.0 Å². The van der Waals surface area contributed by atoms with E-state index in [-0.39, 0.29) is 11.5 Å². The zero-order chi connectivity index (χ0) is 13.2. The summed E-state index contributed by atoms with van der Waals surface area (Å²) in [6, 6.07) is 2.45. The quantitative estimate of drug-likeness (QED) is 0.681. The predicted octanol–water partition coefficient (Wildman–Crippen LogP) is 1.45. The van der Waals surface area contributed by atoms with E-state index in [4.69, 9.17) is 10.8 Å². The predicted molar refractivity (Wildman–Crippen MR) is 73.1 cm³/mol. The second-order valence-electron chi connectivity index (χ2n) is 3.52. The lowest BCUT2D eigenvalue weighted by atomic mass is 10.3. The number of nitrogen functional groups attached to an aromatic ring is 1. The molecule has 1 atom stereocenters. The van der Waals surface area contributed by atoms with Crippen molar-refractivity contribution in [3.05, 3.63) is 21.1 Å². The highest BCUT2D eigenvalue weighted by Crippen LogP contribution is 2.32. The summed E-state index contributed by atoms with van der Waals surface area (Å²) < 4.78 is 27.1. The molecule has 0 fully saturated rings. The van der Waals surface area contributed by atoms with Crippen LogP contribution < -0.4 is 10.5 Å². The van der Waals surface area contributed by atoms with Crippen molar-refractivity contribution in [3.63, 3.8) is 0 Å². The van der Waals surface area contributed by atoms with Crippen LogP contribution in [0.15, 0.2) is 26.0 Å². The summed E-state index contributed by atoms with van der Waals surface area (Å²) in [5.41, 5.74) is 6.03. The van der Waals surface area contributed by atoms with Gasteiger partial charge < -0.3 is 10.8 Å². The minimum atomic E-state index is -3.71. The Hall–Kier alpha value is -0.150. The second-order valence-corrected chi connectivity index (χ2v) is 6.88. The molecule has 0 aliphatic carbocycles. The van der Waals surface area contributed by atoms with Crippen LogP contribution >= 0.6 is 31.9 Å². The zero-order valence-corrected chi connectivity index (χ0v) is 12.9. The number of anilines is 1. The molecule has 0 aliphatic rings. The minimum Gasteiger partial charge on any atom is -0.399 e. The van der Waals surface area contributed by atoms with Crippen LogP contribution in [0.25, 0.3) is 0 Å². The Bertz CT molecular complexity index is 496. The Morgan fingerprint density at radius 3 is 2.29 bits per heavy atom. The van der Waals surface area contributed by atoms with E-state index >= 15 is 0 Å². The Labute approximate surface area is 117 Å². The van der Waals surface area contributed by atoms with Crippen LogP contribution in [0.2, 0.25) is 0 Å². The van der Waals surface area contributed by atoms with E-state index in [1.54, 1.807) is 6.92 Å². The Morgan fingerprint density at radius 1 is 1.41 bits per heavy atom. The first-order valence-electron chi connectivity index (χ1n) is 4.65. The maximum absolute atomic E-state index is 12.0. The normalized spacial score (nSPS) is 13.6. The van der Waals surface area contributed by atoms with Crippen molar-refractivity contribution in [1.29, 1.82) is 0 Å². The molecular weight excluding hydrogens is 376 g/mol. The van der Waals surface area contributed by atoms with E-state index in [0.717, 1.165) is 0 Å². The molecule has 0 radical (unpaired) electrons. The number of aliphatic hydroxyl groups excluding tert-OH is 1. The van der Waals surface area contributed by atoms with Gasteiger partial charge in [0.05, 0.1) is 6.61 Å². The summed E-state index contributed by atoms with van der Waals surface area (Å²) in [7, 11) is -3.71. The fourth-order valence-electron chi connectivity index (χ4n) is 1.20. The fraction of sp³-hybridized carbons (Fsp3) is 0.333. The molecule has 1 rings (SSSR count). The van der Waals surface area contributed by atoms with Gasteiger partial charge >= 0.3 is 0 Å². The monoisotopic (exact) mass is 386 g/mol. The SMILES string of the molecule is CC(CO)NS(=O)(=O)c1c(Br)cc(N)cc1Br. The number of benzene rings is 1. The van der Waals surface area contributed by atoms with E-state index < -0.39 is 16.1 Å². The number of halogens is 2. The lowest BCUT2D eigenvalue weighted by Crippen LogP contribution is -2.35. The number of sulfonamides is 1. The lowest BCUT2D eigenvalue weighted by molar-refractivity contribution is 0.265. The topological polar surface area (TPSA) is 92.4 Å². The van der Waals surface area contributed by atoms with Crippen LogP contribution in [0.4, 0.5) is 5.69 Å². The van der Waals surface area contributed by atoms with Gasteiger partial charge in [-0.25, -0.2) is 13.1 Å². The first kappa shape index (κ1) is 14.9. The molecule has 0 saturated heterocycles. The molecule has 0 heterocycles. The fourth-order valence-corrected chi connectivity index (χ4v) is 5.05. The third-order valence-corrected chi connectivity index (χ3v) is 5.39. The summed E-state index contributed by atoms with van der Waals surface area (Å²) in [5, 5.41) is 8.86. The lowest BCUT2D eigenvalue weighted by Gasteiger charge is -2.14. The van der Waals surface area contributed by atoms with E-state index in [1.807, 2.05) is 0 Å². The molecule has 0 bridgehead atoms. The van der Waals surface area contributed by atoms with Gasteiger partial charge in [-0.2, -0.15) is 0 Å². The third-order valence-electron chi connectivity index (χ3n) is 1.92. The first-order valence-corrected chi connectivity index (χ1v) is 7.72. The Kier molecular flexibility index (Phi) is 4.96. The molecule has 4 N–H and O–H groups in total. The van der Waals surface area contributed by atoms with Crippen molar-refractivity contribution in [3.8, 4) is 0 Å². The van der Waals surface area contributed by atoms with Gasteiger partial charge in [0.15, 0.2) is 0 Å². The minimum absolute atomic E-state index is 0.0620. The molecule has 0 aromatic heterocycles. The Balaban J connectivity index is 3.25. The van der Waals surface area contributed by atoms with Crippen molar-refractivity contribution >= 4 is 47.6 Å². The summed E-state index contributed by atoms with van der Waals surface area (Å²) in [4.78, 5) is 0.0620. The molecule has 0 aliphatic heterocycles. The highest BCUT2D eigenvalue weighted by molar-refractivity contribution is 9.11. The van der Waals surface area contributed by atoms with Gasteiger partial charge in [-0.05, 0) is 50.9 Å². The molecule has 5 nitrogen and oxygen atoms in total. The number of nitrogens with two attached hydrogens (primary N) is 1. The van der Waals surface area contributed by atoms with Crippen LogP contribution in [0.3, 0.4) is 0 Å². The van der Waals surface area contributed by atoms with Gasteiger partial charge in [0.1, 0.15) is 4.90 Å². The van der Waals surface area contributed by atoms with Gasteiger partial charge in [-0.3, -0.25) is 0 Å². The summed E-state index contributed by atoms with van der Waals surface area (Å²) >= 11 is 6.31. The van der Waals surface area contributed by atoms with Crippen molar-refractivity contribution < 1.29 is 13.5 Å². The summed E-state index contributed by atoms with van der Waals surface area (Å²) in [6.45, 7) is 1.29. The van der Waals surface area contributed by atoms with Crippen LogP contribution in [-0.4, -0.2) is 26.2 Å². The number of aliphatic hydroxyl groups is 1. The average Bonchev–Trinajstić information content (AvgIpc) is 2.14.